The van der Waals surface area contributed by atoms with Gasteiger partial charge in [0.2, 0.25) is 0 Å². The molecule has 19 heavy (non-hydrogen) atoms. The van der Waals surface area contributed by atoms with Crippen LogP contribution in [0.25, 0.3) is 0 Å². The third-order valence-corrected chi connectivity index (χ3v) is 3.96. The molecular weight excluding hydrogens is 242 g/mol. The minimum atomic E-state index is -0.162. The van der Waals surface area contributed by atoms with Gasteiger partial charge in [-0.15, -0.1) is 0 Å². The Balaban J connectivity index is 2.10. The van der Waals surface area contributed by atoms with E-state index in [2.05, 4.69) is 0 Å². The predicted octanol–water partition coefficient (Wildman–Crippen LogP) is 0.727. The summed E-state index contributed by atoms with van der Waals surface area (Å²) < 4.78 is 1.45. The fourth-order valence-corrected chi connectivity index (χ4v) is 2.54. The normalized spacial score (nSPS) is 23.1. The van der Waals surface area contributed by atoms with Crippen molar-refractivity contribution in [3.63, 3.8) is 0 Å². The Labute approximate surface area is 113 Å². The molecule has 1 saturated carbocycles. The van der Waals surface area contributed by atoms with E-state index >= 15 is 0 Å². The van der Waals surface area contributed by atoms with Crippen LogP contribution >= 0.6 is 0 Å². The average molecular weight is 263 g/mol. The van der Waals surface area contributed by atoms with E-state index in [1.165, 1.54) is 10.6 Å². The number of aromatic nitrogens is 1. The Hall–Kier alpha value is -1.62. The highest BCUT2D eigenvalue weighted by Crippen LogP contribution is 2.22. The molecule has 0 saturated heterocycles. The molecule has 0 spiro atoms. The SMILES string of the molecule is CN(C(=O)c1ccn(C)c(=O)c1)C1CCC(N)CC1. The fraction of sp³-hybridized carbons (Fsp3) is 0.571. The molecule has 0 aliphatic heterocycles. The Morgan fingerprint density at radius 1 is 1.37 bits per heavy atom. The fourth-order valence-electron chi connectivity index (χ4n) is 2.54. The van der Waals surface area contributed by atoms with Crippen molar-refractivity contribution in [2.75, 3.05) is 7.05 Å². The van der Waals surface area contributed by atoms with Crippen LogP contribution in [0.4, 0.5) is 0 Å². The lowest BCUT2D eigenvalue weighted by atomic mass is 9.91. The van der Waals surface area contributed by atoms with Crippen LogP contribution in [0.15, 0.2) is 23.1 Å². The number of nitrogens with two attached hydrogens (primary N) is 1. The number of nitrogens with zero attached hydrogens (tertiary/aromatic N) is 2. The van der Waals surface area contributed by atoms with Crippen molar-refractivity contribution < 1.29 is 4.79 Å². The van der Waals surface area contributed by atoms with Gasteiger partial charge in [0.05, 0.1) is 0 Å². The zero-order chi connectivity index (χ0) is 14.0. The molecule has 0 aromatic carbocycles. The van der Waals surface area contributed by atoms with Gasteiger partial charge in [-0.05, 0) is 31.7 Å². The van der Waals surface area contributed by atoms with Crippen LogP contribution in [0, 0.1) is 0 Å². The van der Waals surface area contributed by atoms with Gasteiger partial charge in [0.1, 0.15) is 0 Å². The first-order chi connectivity index (χ1) is 8.99. The molecule has 5 nitrogen and oxygen atoms in total. The first kappa shape index (κ1) is 13.8. The van der Waals surface area contributed by atoms with Crippen molar-refractivity contribution in [1.82, 2.24) is 9.47 Å². The summed E-state index contributed by atoms with van der Waals surface area (Å²) >= 11 is 0. The van der Waals surface area contributed by atoms with E-state index in [9.17, 15) is 9.59 Å². The summed E-state index contributed by atoms with van der Waals surface area (Å²) in [5, 5.41) is 0. The third kappa shape index (κ3) is 3.04. The molecule has 104 valence electrons. The zero-order valence-electron chi connectivity index (χ0n) is 11.5. The first-order valence-electron chi connectivity index (χ1n) is 6.68. The Morgan fingerprint density at radius 3 is 2.58 bits per heavy atom. The minimum Gasteiger partial charge on any atom is -0.339 e. The molecule has 1 heterocycles. The second-order valence-electron chi connectivity index (χ2n) is 5.35. The molecular formula is C14H21N3O2. The number of hydrogen-bond donors (Lipinski definition) is 1. The molecule has 0 atom stereocenters. The van der Waals surface area contributed by atoms with Crippen molar-refractivity contribution in [3.8, 4) is 0 Å². The standard InChI is InChI=1S/C14H21N3O2/c1-16-8-7-10(9-13(16)18)14(19)17(2)12-5-3-11(15)4-6-12/h7-9,11-12H,3-6,15H2,1-2H3. The monoisotopic (exact) mass is 263 g/mol. The Kier molecular flexibility index (Phi) is 4.04. The van der Waals surface area contributed by atoms with Crippen LogP contribution in [-0.2, 0) is 7.05 Å². The van der Waals surface area contributed by atoms with Crippen molar-refractivity contribution in [2.45, 2.75) is 37.8 Å². The molecule has 5 heteroatoms. The van der Waals surface area contributed by atoms with Crippen molar-refractivity contribution in [3.05, 3.63) is 34.2 Å². The van der Waals surface area contributed by atoms with Crippen LogP contribution in [0.3, 0.4) is 0 Å². The van der Waals surface area contributed by atoms with Gasteiger partial charge in [-0.2, -0.15) is 0 Å². The molecule has 1 aliphatic rings. The maximum atomic E-state index is 12.3. The minimum absolute atomic E-state index is 0.0850. The van der Waals surface area contributed by atoms with Gasteiger partial charge >= 0.3 is 0 Å². The smallest absolute Gasteiger partial charge is 0.254 e. The maximum Gasteiger partial charge on any atom is 0.254 e. The van der Waals surface area contributed by atoms with Crippen LogP contribution in [0.1, 0.15) is 36.0 Å². The summed E-state index contributed by atoms with van der Waals surface area (Å²) in [6.07, 6.45) is 5.42. The third-order valence-electron chi connectivity index (χ3n) is 3.96. The topological polar surface area (TPSA) is 68.3 Å². The largest absolute Gasteiger partial charge is 0.339 e. The molecule has 1 aromatic heterocycles. The molecule has 1 amide bonds. The van der Waals surface area contributed by atoms with Crippen LogP contribution in [-0.4, -0.2) is 34.5 Å². The van der Waals surface area contributed by atoms with Gasteiger partial charge in [0, 0.05) is 44.0 Å². The maximum absolute atomic E-state index is 12.3. The number of amides is 1. The summed E-state index contributed by atoms with van der Waals surface area (Å²) in [6, 6.07) is 3.59. The van der Waals surface area contributed by atoms with E-state index in [1.807, 2.05) is 0 Å². The highest BCUT2D eigenvalue weighted by Gasteiger charge is 2.25. The van der Waals surface area contributed by atoms with E-state index in [-0.39, 0.29) is 23.6 Å². The second kappa shape index (κ2) is 5.57. The van der Waals surface area contributed by atoms with Crippen molar-refractivity contribution >= 4 is 5.91 Å². The number of aryl methyl sites for hydroxylation is 1. The lowest BCUT2D eigenvalue weighted by Crippen LogP contribution is -2.42. The zero-order valence-corrected chi connectivity index (χ0v) is 11.5. The van der Waals surface area contributed by atoms with E-state index in [0.29, 0.717) is 5.56 Å². The van der Waals surface area contributed by atoms with E-state index < -0.39 is 0 Å². The molecule has 2 N–H and O–H groups in total. The van der Waals surface area contributed by atoms with Gasteiger partial charge in [0.15, 0.2) is 0 Å². The van der Waals surface area contributed by atoms with E-state index in [1.54, 1.807) is 31.3 Å². The average Bonchev–Trinajstić information content (AvgIpc) is 2.41. The first-order valence-corrected chi connectivity index (χ1v) is 6.68. The van der Waals surface area contributed by atoms with Crippen LogP contribution < -0.4 is 11.3 Å². The lowest BCUT2D eigenvalue weighted by molar-refractivity contribution is 0.0689. The molecule has 0 unspecified atom stereocenters. The summed E-state index contributed by atoms with van der Waals surface area (Å²) in [4.78, 5) is 25.6. The summed E-state index contributed by atoms with van der Waals surface area (Å²) in [5.41, 5.74) is 6.17. The van der Waals surface area contributed by atoms with E-state index in [4.69, 9.17) is 5.73 Å². The molecule has 1 fully saturated rings. The van der Waals surface area contributed by atoms with Gasteiger partial charge in [-0.3, -0.25) is 9.59 Å². The second-order valence-corrected chi connectivity index (χ2v) is 5.35. The van der Waals surface area contributed by atoms with Crippen molar-refractivity contribution in [2.24, 2.45) is 12.8 Å². The quantitative estimate of drug-likeness (QED) is 0.855. The number of rotatable bonds is 2. The van der Waals surface area contributed by atoms with Crippen LogP contribution in [0.5, 0.6) is 0 Å². The van der Waals surface area contributed by atoms with Gasteiger partial charge in [0.25, 0.3) is 11.5 Å². The predicted molar refractivity (Wildman–Crippen MR) is 74.0 cm³/mol. The number of carbonyl (C=O) groups excluding carboxylic acids is 1. The van der Waals surface area contributed by atoms with Gasteiger partial charge < -0.3 is 15.2 Å². The number of pyridine rings is 1. The number of hydrogen-bond acceptors (Lipinski definition) is 3. The van der Waals surface area contributed by atoms with Crippen molar-refractivity contribution in [1.29, 1.82) is 0 Å². The highest BCUT2D eigenvalue weighted by atomic mass is 16.2. The van der Waals surface area contributed by atoms with Gasteiger partial charge in [-0.1, -0.05) is 0 Å². The molecule has 1 aliphatic carbocycles. The highest BCUT2D eigenvalue weighted by molar-refractivity contribution is 5.94. The molecule has 1 aromatic rings. The Morgan fingerprint density at radius 2 is 2.00 bits per heavy atom. The van der Waals surface area contributed by atoms with Gasteiger partial charge in [-0.25, -0.2) is 0 Å². The molecule has 0 bridgehead atoms. The molecule has 2 rings (SSSR count). The lowest BCUT2D eigenvalue weighted by Gasteiger charge is -2.33. The molecule has 0 radical (unpaired) electrons. The Bertz CT molecular complexity index is 516. The summed E-state index contributed by atoms with van der Waals surface area (Å²) in [5.74, 6) is -0.0850. The summed E-state index contributed by atoms with van der Waals surface area (Å²) in [7, 11) is 3.48. The number of carbonyl (C=O) groups is 1. The summed E-state index contributed by atoms with van der Waals surface area (Å²) in [6.45, 7) is 0. The van der Waals surface area contributed by atoms with E-state index in [0.717, 1.165) is 25.7 Å². The van der Waals surface area contributed by atoms with Crippen LogP contribution in [0.2, 0.25) is 0 Å².